The number of nitrogens with one attached hydrogen (secondary N) is 2. The van der Waals surface area contributed by atoms with Crippen LogP contribution in [0.1, 0.15) is 49.2 Å². The predicted molar refractivity (Wildman–Crippen MR) is 168 cm³/mol. The minimum atomic E-state index is -0.569. The second-order valence-electron chi connectivity index (χ2n) is 10.1. The van der Waals surface area contributed by atoms with Crippen molar-refractivity contribution in [2.75, 3.05) is 38.9 Å². The van der Waals surface area contributed by atoms with Crippen LogP contribution in [0.2, 0.25) is 5.02 Å². The fourth-order valence-electron chi connectivity index (χ4n) is 4.71. The van der Waals surface area contributed by atoms with Crippen LogP contribution in [0.15, 0.2) is 30.0 Å². The molecule has 1 aromatic carbocycles. The summed E-state index contributed by atoms with van der Waals surface area (Å²) in [6.45, 7) is 7.66. The van der Waals surface area contributed by atoms with Gasteiger partial charge in [0.2, 0.25) is 0 Å². The number of aliphatic hydroxyl groups is 1. The molecule has 2 aromatic heterocycles. The van der Waals surface area contributed by atoms with Crippen LogP contribution in [0.4, 0.5) is 5.82 Å². The molecule has 11 nitrogen and oxygen atoms in total. The summed E-state index contributed by atoms with van der Waals surface area (Å²) in [7, 11) is 3.37. The highest BCUT2D eigenvalue weighted by Crippen LogP contribution is 2.36. The number of halogens is 2. The monoisotopic (exact) mass is 629 g/mol. The molecular formula is C30H37Cl2N7O4. The molecule has 1 atom stereocenters. The zero-order valence-electron chi connectivity index (χ0n) is 25.0. The van der Waals surface area contributed by atoms with Crippen LogP contribution in [0.25, 0.3) is 17.1 Å². The molecule has 0 aliphatic carbocycles. The van der Waals surface area contributed by atoms with E-state index >= 15 is 0 Å². The predicted octanol–water partition coefficient (Wildman–Crippen LogP) is 5.15. The lowest BCUT2D eigenvalue weighted by Gasteiger charge is -2.23. The molecular weight excluding hydrogens is 593 g/mol. The van der Waals surface area contributed by atoms with Gasteiger partial charge in [-0.1, -0.05) is 36.5 Å². The van der Waals surface area contributed by atoms with Crippen LogP contribution < -0.4 is 19.7 Å². The van der Waals surface area contributed by atoms with E-state index in [4.69, 9.17) is 52.8 Å². The van der Waals surface area contributed by atoms with Crippen LogP contribution >= 0.6 is 23.2 Å². The van der Waals surface area contributed by atoms with Gasteiger partial charge < -0.3 is 29.5 Å². The Bertz CT molecular complexity index is 1500. The van der Waals surface area contributed by atoms with Crippen LogP contribution in [-0.2, 0) is 17.8 Å². The van der Waals surface area contributed by atoms with E-state index in [0.29, 0.717) is 83.7 Å². The lowest BCUT2D eigenvalue weighted by Crippen LogP contribution is -2.21. The van der Waals surface area contributed by atoms with Crippen molar-refractivity contribution in [2.45, 2.75) is 52.8 Å². The van der Waals surface area contributed by atoms with Gasteiger partial charge in [0.1, 0.15) is 30.0 Å². The van der Waals surface area contributed by atoms with Crippen molar-refractivity contribution < 1.29 is 19.3 Å². The first-order chi connectivity index (χ1) is 20.7. The van der Waals surface area contributed by atoms with Crippen molar-refractivity contribution in [3.05, 3.63) is 57.5 Å². The molecule has 3 N–H and O–H groups in total. The molecule has 0 amide bonds. The molecule has 1 aliphatic rings. The zero-order chi connectivity index (χ0) is 31.1. The number of fused-ring (bicyclic) bond motifs is 1. The fraction of sp³-hybridized carbons (Fsp3) is 0.433. The smallest absolute Gasteiger partial charge is 0.316 e. The SMILES string of the molecule is CCC[C@@H](O)COc1ccc(Cl)c(-c2nc(/C(NC)=C(\C)C(=N)Cl)c(C)c(N3Cc4cnc(OCCOC)nc4C3)n2)c1. The Morgan fingerprint density at radius 3 is 2.67 bits per heavy atom. The van der Waals surface area contributed by atoms with Gasteiger partial charge in [0, 0.05) is 49.2 Å². The minimum Gasteiger partial charge on any atom is -0.491 e. The highest BCUT2D eigenvalue weighted by molar-refractivity contribution is 6.69. The van der Waals surface area contributed by atoms with Crippen molar-refractivity contribution in [3.8, 4) is 23.1 Å². The first kappa shape index (κ1) is 32.4. The number of ether oxygens (including phenoxy) is 3. The van der Waals surface area contributed by atoms with E-state index in [1.807, 2.05) is 13.8 Å². The highest BCUT2D eigenvalue weighted by Gasteiger charge is 2.28. The second-order valence-corrected chi connectivity index (χ2v) is 10.9. The summed E-state index contributed by atoms with van der Waals surface area (Å²) in [6, 6.07) is 5.54. The first-order valence-electron chi connectivity index (χ1n) is 14.0. The third kappa shape index (κ3) is 7.72. The summed E-state index contributed by atoms with van der Waals surface area (Å²) >= 11 is 12.8. The molecule has 3 aromatic rings. The van der Waals surface area contributed by atoms with Crippen LogP contribution in [0.5, 0.6) is 11.8 Å². The number of allylic oxidation sites excluding steroid dienone is 1. The summed E-state index contributed by atoms with van der Waals surface area (Å²) in [4.78, 5) is 21.0. The number of rotatable bonds is 14. The largest absolute Gasteiger partial charge is 0.491 e. The van der Waals surface area contributed by atoms with Crippen molar-refractivity contribution in [1.82, 2.24) is 25.3 Å². The van der Waals surface area contributed by atoms with Gasteiger partial charge in [0.05, 0.1) is 41.4 Å². The molecule has 0 spiro atoms. The Morgan fingerprint density at radius 1 is 1.19 bits per heavy atom. The van der Waals surface area contributed by atoms with Gasteiger partial charge in [-0.2, -0.15) is 4.98 Å². The standard InChI is InChI=1S/C30H37Cl2N7O4/c1-6-7-20(40)16-43-21-8-9-23(31)22(12-21)28-37-26(25(34-4)17(2)27(32)33)18(3)29(38-28)39-14-19-13-35-30(36-24(19)15-39)42-11-10-41-5/h8-9,12-13,20,33-34,40H,6-7,10-11,14-16H2,1-5H3/b25-17-,33-27?/t20-/m1/s1. The number of benzene rings is 1. The van der Waals surface area contributed by atoms with Crippen molar-refractivity contribution in [2.24, 2.45) is 0 Å². The third-order valence-electron chi connectivity index (χ3n) is 7.01. The lowest BCUT2D eigenvalue weighted by molar-refractivity contribution is 0.0994. The van der Waals surface area contributed by atoms with Gasteiger partial charge in [-0.25, -0.2) is 15.0 Å². The quantitative estimate of drug-likeness (QED) is 0.162. The maximum absolute atomic E-state index is 10.2. The normalized spacial score (nSPS) is 13.8. The van der Waals surface area contributed by atoms with Gasteiger partial charge in [-0.15, -0.1) is 0 Å². The number of methoxy groups -OCH3 is 1. The molecule has 3 heterocycles. The number of aliphatic hydroxyl groups excluding tert-OH is 1. The number of hydrogen-bond acceptors (Lipinski definition) is 11. The maximum Gasteiger partial charge on any atom is 0.316 e. The molecule has 0 saturated carbocycles. The second kappa shape index (κ2) is 14.8. The molecule has 0 saturated heterocycles. The maximum atomic E-state index is 10.2. The van der Waals surface area contributed by atoms with Crippen molar-refractivity contribution >= 4 is 39.9 Å². The van der Waals surface area contributed by atoms with E-state index in [2.05, 4.69) is 20.2 Å². The average molecular weight is 631 g/mol. The Hall–Kier alpha value is -3.51. The average Bonchev–Trinajstić information content (AvgIpc) is 3.41. The Kier molecular flexibility index (Phi) is 11.1. The topological polar surface area (TPSA) is 139 Å². The molecule has 43 heavy (non-hydrogen) atoms. The van der Waals surface area contributed by atoms with Crippen LogP contribution in [0, 0.1) is 12.3 Å². The van der Waals surface area contributed by atoms with E-state index in [1.165, 1.54) is 0 Å². The summed E-state index contributed by atoms with van der Waals surface area (Å²) in [5.41, 5.74) is 4.85. The molecule has 13 heteroatoms. The number of anilines is 1. The summed E-state index contributed by atoms with van der Waals surface area (Å²) < 4.78 is 16.5. The molecule has 0 bridgehead atoms. The van der Waals surface area contributed by atoms with E-state index in [-0.39, 0.29) is 11.8 Å². The van der Waals surface area contributed by atoms with Gasteiger partial charge in [-0.05, 0) is 38.5 Å². The molecule has 1 aliphatic heterocycles. The molecule has 230 valence electrons. The number of aromatic nitrogens is 4. The van der Waals surface area contributed by atoms with Gasteiger partial charge in [0.15, 0.2) is 5.82 Å². The van der Waals surface area contributed by atoms with Gasteiger partial charge in [-0.3, -0.25) is 5.41 Å². The number of nitrogens with zero attached hydrogens (tertiary/aromatic N) is 5. The van der Waals surface area contributed by atoms with Crippen molar-refractivity contribution in [1.29, 1.82) is 5.41 Å². The van der Waals surface area contributed by atoms with Crippen LogP contribution in [0.3, 0.4) is 0 Å². The third-order valence-corrected chi connectivity index (χ3v) is 7.62. The molecule has 0 fully saturated rings. The van der Waals surface area contributed by atoms with E-state index in [1.54, 1.807) is 45.5 Å². The minimum absolute atomic E-state index is 0.102. The summed E-state index contributed by atoms with van der Waals surface area (Å²) in [5, 5.41) is 21.7. The van der Waals surface area contributed by atoms with E-state index < -0.39 is 6.10 Å². The molecule has 4 rings (SSSR count). The zero-order valence-corrected chi connectivity index (χ0v) is 26.5. The lowest BCUT2D eigenvalue weighted by atomic mass is 10.1. The molecule has 0 unspecified atom stereocenters. The van der Waals surface area contributed by atoms with E-state index in [0.717, 1.165) is 23.2 Å². The Balaban J connectivity index is 1.78. The van der Waals surface area contributed by atoms with E-state index in [9.17, 15) is 5.11 Å². The Morgan fingerprint density at radius 2 is 1.98 bits per heavy atom. The van der Waals surface area contributed by atoms with Crippen molar-refractivity contribution in [3.63, 3.8) is 0 Å². The summed E-state index contributed by atoms with van der Waals surface area (Å²) in [6.07, 6.45) is 2.70. The van der Waals surface area contributed by atoms with Gasteiger partial charge in [0.25, 0.3) is 0 Å². The molecule has 0 radical (unpaired) electrons. The first-order valence-corrected chi connectivity index (χ1v) is 14.8. The fourth-order valence-corrected chi connectivity index (χ4v) is 5.01. The highest BCUT2D eigenvalue weighted by atomic mass is 35.5. The Labute approximate surface area is 261 Å². The van der Waals surface area contributed by atoms with Crippen LogP contribution in [-0.4, -0.2) is 70.3 Å². The summed E-state index contributed by atoms with van der Waals surface area (Å²) in [5.74, 6) is 1.57. The van der Waals surface area contributed by atoms with Gasteiger partial charge >= 0.3 is 6.01 Å². The number of hydrogen-bond donors (Lipinski definition) is 3.